The van der Waals surface area contributed by atoms with Crippen LogP contribution in [0, 0.1) is 10.1 Å². The summed E-state index contributed by atoms with van der Waals surface area (Å²) in [5.41, 5.74) is 2.09. The van der Waals surface area contributed by atoms with Crippen LogP contribution in [-0.4, -0.2) is 52.3 Å². The van der Waals surface area contributed by atoms with E-state index < -0.39 is 10.8 Å². The largest absolute Gasteiger partial charge is 0.507 e. The number of hydrogen-bond acceptors (Lipinski definition) is 9. The van der Waals surface area contributed by atoms with E-state index in [1.54, 1.807) is 36.4 Å². The lowest BCUT2D eigenvalue weighted by Crippen LogP contribution is -2.37. The fraction of sp³-hybridized carbons (Fsp3) is 0.160. The van der Waals surface area contributed by atoms with Crippen molar-refractivity contribution in [2.24, 2.45) is 0 Å². The second kappa shape index (κ2) is 10.6. The highest BCUT2D eigenvalue weighted by molar-refractivity contribution is 7.80. The van der Waals surface area contributed by atoms with Crippen LogP contribution in [-0.2, 0) is 4.74 Å². The number of anilines is 2. The molecule has 3 aromatic carbocycles. The van der Waals surface area contributed by atoms with Crippen molar-refractivity contribution in [3.63, 3.8) is 0 Å². The number of thiocarbonyl (C=S) groups is 1. The predicted molar refractivity (Wildman–Crippen MR) is 146 cm³/mol. The molecular formula is C25H20ClN5O6S. The van der Waals surface area contributed by atoms with Gasteiger partial charge in [-0.25, -0.2) is 4.98 Å². The van der Waals surface area contributed by atoms with Crippen LogP contribution in [0.4, 0.5) is 17.1 Å². The number of rotatable bonds is 5. The topological polar surface area (TPSA) is 143 Å². The number of nitro benzene ring substituents is 1. The molecule has 4 aromatic rings. The number of carbonyl (C=O) groups is 1. The molecule has 0 aliphatic carbocycles. The summed E-state index contributed by atoms with van der Waals surface area (Å²) in [7, 11) is 0. The Morgan fingerprint density at radius 1 is 1.13 bits per heavy atom. The molecule has 0 spiro atoms. The lowest BCUT2D eigenvalue weighted by molar-refractivity contribution is -0.384. The Labute approximate surface area is 226 Å². The molecule has 5 rings (SSSR count). The summed E-state index contributed by atoms with van der Waals surface area (Å²) in [5, 5.41) is 27.9. The van der Waals surface area contributed by atoms with Gasteiger partial charge in [-0.2, -0.15) is 0 Å². The number of nitro groups is 1. The Balaban J connectivity index is 1.31. The quantitative estimate of drug-likeness (QED) is 0.137. The number of aromatic nitrogens is 1. The van der Waals surface area contributed by atoms with E-state index in [1.165, 1.54) is 18.2 Å². The molecule has 13 heteroatoms. The van der Waals surface area contributed by atoms with E-state index >= 15 is 0 Å². The van der Waals surface area contributed by atoms with E-state index in [0.717, 1.165) is 0 Å². The monoisotopic (exact) mass is 553 g/mol. The van der Waals surface area contributed by atoms with Gasteiger partial charge in [-0.05, 0) is 60.7 Å². The van der Waals surface area contributed by atoms with Gasteiger partial charge in [0.25, 0.3) is 11.6 Å². The number of nitrogens with one attached hydrogen (secondary N) is 2. The smallest absolute Gasteiger partial charge is 0.293 e. The third-order valence-corrected chi connectivity index (χ3v) is 6.29. The molecule has 38 heavy (non-hydrogen) atoms. The predicted octanol–water partition coefficient (Wildman–Crippen LogP) is 4.73. The molecule has 0 radical (unpaired) electrons. The van der Waals surface area contributed by atoms with Gasteiger partial charge in [0.05, 0.1) is 23.7 Å². The summed E-state index contributed by atoms with van der Waals surface area (Å²) in [4.78, 5) is 30.2. The fourth-order valence-corrected chi connectivity index (χ4v) is 4.40. The number of morpholine rings is 1. The van der Waals surface area contributed by atoms with Crippen LogP contribution in [0.1, 0.15) is 10.4 Å². The highest BCUT2D eigenvalue weighted by atomic mass is 35.5. The number of nitrogens with zero attached hydrogens (tertiary/aromatic N) is 3. The van der Waals surface area contributed by atoms with E-state index in [-0.39, 0.29) is 28.0 Å². The third kappa shape index (κ3) is 5.37. The molecular weight excluding hydrogens is 534 g/mol. The Kier molecular flexibility index (Phi) is 7.09. The molecule has 1 amide bonds. The van der Waals surface area contributed by atoms with Crippen molar-refractivity contribution >= 4 is 63.0 Å². The number of carbonyl (C=O) groups excluding carboxylic acids is 1. The zero-order valence-corrected chi connectivity index (χ0v) is 21.2. The molecule has 0 atom stereocenters. The molecule has 2 heterocycles. The molecule has 1 aliphatic rings. The number of halogens is 1. The second-order valence-electron chi connectivity index (χ2n) is 8.33. The molecule has 1 fully saturated rings. The van der Waals surface area contributed by atoms with Gasteiger partial charge in [0.1, 0.15) is 17.0 Å². The van der Waals surface area contributed by atoms with E-state index in [2.05, 4.69) is 15.6 Å². The van der Waals surface area contributed by atoms with E-state index in [0.29, 0.717) is 59.4 Å². The summed E-state index contributed by atoms with van der Waals surface area (Å²) in [6.45, 7) is 1.98. The Hall–Kier alpha value is -4.26. The van der Waals surface area contributed by atoms with Gasteiger partial charge < -0.3 is 24.5 Å². The third-order valence-electron chi connectivity index (χ3n) is 5.85. The summed E-state index contributed by atoms with van der Waals surface area (Å²) >= 11 is 11.3. The van der Waals surface area contributed by atoms with Crippen LogP contribution in [0.2, 0.25) is 5.02 Å². The van der Waals surface area contributed by atoms with Gasteiger partial charge in [-0.3, -0.25) is 20.2 Å². The first kappa shape index (κ1) is 25.4. The average Bonchev–Trinajstić information content (AvgIpc) is 3.32. The molecule has 3 N–H and O–H groups in total. The van der Waals surface area contributed by atoms with Crippen molar-refractivity contribution in [1.29, 1.82) is 0 Å². The molecule has 1 aliphatic heterocycles. The number of aromatic hydroxyl groups is 1. The number of oxazole rings is 1. The summed E-state index contributed by atoms with van der Waals surface area (Å²) in [6.07, 6.45) is 0. The number of amides is 1. The van der Waals surface area contributed by atoms with E-state index in [1.807, 2.05) is 4.90 Å². The normalized spacial score (nSPS) is 13.3. The highest BCUT2D eigenvalue weighted by Crippen LogP contribution is 2.34. The lowest BCUT2D eigenvalue weighted by Gasteiger charge is -2.28. The van der Waals surface area contributed by atoms with Crippen molar-refractivity contribution in [1.82, 2.24) is 10.3 Å². The molecule has 194 valence electrons. The van der Waals surface area contributed by atoms with Crippen molar-refractivity contribution in [2.75, 3.05) is 36.5 Å². The van der Waals surface area contributed by atoms with Crippen molar-refractivity contribution in [3.05, 3.63) is 75.3 Å². The fourth-order valence-electron chi connectivity index (χ4n) is 4.02. The Morgan fingerprint density at radius 2 is 1.92 bits per heavy atom. The number of phenolic OH excluding ortho intramolecular Hbond substituents is 1. The van der Waals surface area contributed by atoms with Gasteiger partial charge in [0.15, 0.2) is 10.7 Å². The summed E-state index contributed by atoms with van der Waals surface area (Å²) < 4.78 is 11.0. The van der Waals surface area contributed by atoms with Crippen LogP contribution in [0.15, 0.2) is 59.0 Å². The number of phenols is 1. The zero-order valence-electron chi connectivity index (χ0n) is 19.6. The van der Waals surface area contributed by atoms with Crippen LogP contribution < -0.4 is 15.5 Å². The Morgan fingerprint density at radius 3 is 2.68 bits per heavy atom. The number of ether oxygens (including phenoxy) is 1. The SMILES string of the molecule is O=C(NC(=S)Nc1ccc(O)c(-c2nc3cc(Cl)ccc3o2)c1)c1ccc(N2CCOCC2)c([N+](=O)[O-])c1. The maximum atomic E-state index is 12.8. The number of hydrogen-bond donors (Lipinski definition) is 3. The van der Waals surface area contributed by atoms with Crippen molar-refractivity contribution in [2.45, 2.75) is 0 Å². The second-order valence-corrected chi connectivity index (χ2v) is 9.18. The molecule has 0 unspecified atom stereocenters. The number of benzene rings is 3. The van der Waals surface area contributed by atoms with Crippen molar-refractivity contribution < 1.29 is 24.0 Å². The van der Waals surface area contributed by atoms with Gasteiger partial charge >= 0.3 is 0 Å². The molecule has 11 nitrogen and oxygen atoms in total. The van der Waals surface area contributed by atoms with Gasteiger partial charge in [-0.1, -0.05) is 11.6 Å². The minimum absolute atomic E-state index is 0.0455. The molecule has 0 saturated carbocycles. The maximum absolute atomic E-state index is 12.8. The summed E-state index contributed by atoms with van der Waals surface area (Å²) in [6, 6.07) is 13.8. The van der Waals surface area contributed by atoms with E-state index in [4.69, 9.17) is 33.0 Å². The van der Waals surface area contributed by atoms with Crippen molar-refractivity contribution in [3.8, 4) is 17.2 Å². The average molecular weight is 554 g/mol. The van der Waals surface area contributed by atoms with Crippen LogP contribution in [0.5, 0.6) is 5.75 Å². The van der Waals surface area contributed by atoms with Gasteiger partial charge in [0.2, 0.25) is 5.89 Å². The van der Waals surface area contributed by atoms with Gasteiger partial charge in [0, 0.05) is 35.4 Å². The Bertz CT molecular complexity index is 1570. The number of fused-ring (bicyclic) bond motifs is 1. The lowest BCUT2D eigenvalue weighted by atomic mass is 10.1. The van der Waals surface area contributed by atoms with E-state index in [9.17, 15) is 20.0 Å². The minimum atomic E-state index is -0.617. The zero-order chi connectivity index (χ0) is 26.8. The highest BCUT2D eigenvalue weighted by Gasteiger charge is 2.24. The van der Waals surface area contributed by atoms with Crippen LogP contribution in [0.3, 0.4) is 0 Å². The van der Waals surface area contributed by atoms with Crippen LogP contribution >= 0.6 is 23.8 Å². The minimum Gasteiger partial charge on any atom is -0.507 e. The first-order valence-electron chi connectivity index (χ1n) is 11.4. The van der Waals surface area contributed by atoms with Gasteiger partial charge in [-0.15, -0.1) is 0 Å². The molecule has 1 saturated heterocycles. The first-order chi connectivity index (χ1) is 18.3. The maximum Gasteiger partial charge on any atom is 0.293 e. The van der Waals surface area contributed by atoms with Crippen LogP contribution in [0.25, 0.3) is 22.6 Å². The molecule has 1 aromatic heterocycles. The standard InChI is InChI=1S/C25H20ClN5O6S/c26-15-2-6-22-18(12-15)28-24(37-22)17-13-16(3-5-21(17)32)27-25(38)29-23(33)14-1-4-19(20(11-14)31(34)35)30-7-9-36-10-8-30/h1-6,11-13,32H,7-10H2,(H2,27,29,33,38). The first-order valence-corrected chi connectivity index (χ1v) is 12.2. The molecule has 0 bridgehead atoms. The summed E-state index contributed by atoms with van der Waals surface area (Å²) in [5.74, 6) is -0.518.